The van der Waals surface area contributed by atoms with Crippen molar-refractivity contribution in [2.45, 2.75) is 12.8 Å². The number of thiophene rings is 1. The molecule has 1 fully saturated rings. The number of carboxylic acids is 2. The second kappa shape index (κ2) is 10.2. The van der Waals surface area contributed by atoms with Crippen LogP contribution in [0.2, 0.25) is 0 Å². The van der Waals surface area contributed by atoms with E-state index in [0.717, 1.165) is 24.2 Å². The SMILES string of the molecule is CS(=O)(=O)N1CCC(COc2cccc(-c3sc(C(=O)O)c(OCC(=O)O)c3Br)c2)CC1. The molecule has 9 nitrogen and oxygen atoms in total. The molecule has 2 heterocycles. The first-order valence-corrected chi connectivity index (χ1v) is 13.1. The van der Waals surface area contributed by atoms with E-state index in [1.165, 1.54) is 10.6 Å². The minimum absolute atomic E-state index is 0.0242. The maximum atomic E-state index is 11.6. The first-order valence-electron chi connectivity index (χ1n) is 9.64. The van der Waals surface area contributed by atoms with E-state index < -0.39 is 28.6 Å². The van der Waals surface area contributed by atoms with Crippen LogP contribution in [0.3, 0.4) is 0 Å². The zero-order valence-electron chi connectivity index (χ0n) is 17.1. The molecule has 0 unspecified atom stereocenters. The van der Waals surface area contributed by atoms with Gasteiger partial charge in [0.25, 0.3) is 0 Å². The number of nitrogens with zero attached hydrogens (tertiary/aromatic N) is 1. The van der Waals surface area contributed by atoms with E-state index >= 15 is 0 Å². The van der Waals surface area contributed by atoms with Crippen molar-refractivity contribution in [2.75, 3.05) is 32.6 Å². The van der Waals surface area contributed by atoms with Crippen molar-refractivity contribution in [3.8, 4) is 21.9 Å². The maximum absolute atomic E-state index is 11.6. The van der Waals surface area contributed by atoms with Crippen molar-refractivity contribution >= 4 is 49.2 Å². The quantitative estimate of drug-likeness (QED) is 0.488. The molecule has 1 aromatic carbocycles. The molecule has 12 heteroatoms. The monoisotopic (exact) mass is 547 g/mol. The summed E-state index contributed by atoms with van der Waals surface area (Å²) in [6, 6.07) is 7.13. The molecule has 0 atom stereocenters. The number of sulfonamides is 1. The lowest BCUT2D eigenvalue weighted by atomic mass is 9.99. The summed E-state index contributed by atoms with van der Waals surface area (Å²) in [7, 11) is -3.17. The Bertz CT molecular complexity index is 1110. The van der Waals surface area contributed by atoms with Gasteiger partial charge in [0, 0.05) is 13.1 Å². The summed E-state index contributed by atoms with van der Waals surface area (Å²) in [5, 5.41) is 18.3. The molecular formula is C20H22BrNO8S2. The molecular weight excluding hydrogens is 526 g/mol. The Kier molecular flexibility index (Phi) is 7.80. The van der Waals surface area contributed by atoms with Crippen LogP contribution >= 0.6 is 27.3 Å². The van der Waals surface area contributed by atoms with Crippen molar-refractivity contribution in [1.29, 1.82) is 0 Å². The number of aliphatic carboxylic acids is 1. The lowest BCUT2D eigenvalue weighted by Crippen LogP contribution is -2.39. The number of hydrogen-bond donors (Lipinski definition) is 2. The first-order chi connectivity index (χ1) is 15.1. The smallest absolute Gasteiger partial charge is 0.349 e. The zero-order chi connectivity index (χ0) is 23.5. The van der Waals surface area contributed by atoms with Crippen LogP contribution in [0.5, 0.6) is 11.5 Å². The normalized spacial score (nSPS) is 15.4. The van der Waals surface area contributed by atoms with Gasteiger partial charge < -0.3 is 19.7 Å². The number of carboxylic acid groups (broad SMARTS) is 2. The number of rotatable bonds is 9. The molecule has 1 aliphatic heterocycles. The second-order valence-corrected chi connectivity index (χ2v) is 11.1. The van der Waals surface area contributed by atoms with Crippen LogP contribution in [0.1, 0.15) is 22.5 Å². The van der Waals surface area contributed by atoms with Gasteiger partial charge >= 0.3 is 11.9 Å². The topological polar surface area (TPSA) is 130 Å². The van der Waals surface area contributed by atoms with Gasteiger partial charge in [-0.05, 0) is 52.4 Å². The molecule has 0 spiro atoms. The van der Waals surface area contributed by atoms with Crippen molar-refractivity contribution < 1.29 is 37.7 Å². The number of benzene rings is 1. The Morgan fingerprint density at radius 3 is 2.50 bits per heavy atom. The van der Waals surface area contributed by atoms with Gasteiger partial charge in [-0.2, -0.15) is 0 Å². The molecule has 32 heavy (non-hydrogen) atoms. The molecule has 1 aromatic heterocycles. The fourth-order valence-electron chi connectivity index (χ4n) is 3.33. The van der Waals surface area contributed by atoms with Gasteiger partial charge in [-0.1, -0.05) is 12.1 Å². The van der Waals surface area contributed by atoms with E-state index in [-0.39, 0.29) is 16.5 Å². The van der Waals surface area contributed by atoms with Gasteiger partial charge in [0.15, 0.2) is 17.2 Å². The molecule has 0 saturated carbocycles. The number of carbonyl (C=O) groups is 2. The Hall–Kier alpha value is -2.15. The predicted molar refractivity (Wildman–Crippen MR) is 122 cm³/mol. The summed E-state index contributed by atoms with van der Waals surface area (Å²) in [6.45, 7) is 0.745. The van der Waals surface area contributed by atoms with E-state index in [1.54, 1.807) is 24.3 Å². The van der Waals surface area contributed by atoms with E-state index in [9.17, 15) is 23.1 Å². The van der Waals surface area contributed by atoms with Crippen LogP contribution < -0.4 is 9.47 Å². The van der Waals surface area contributed by atoms with Crippen molar-refractivity contribution in [3.63, 3.8) is 0 Å². The highest BCUT2D eigenvalue weighted by atomic mass is 79.9. The van der Waals surface area contributed by atoms with Gasteiger partial charge in [-0.25, -0.2) is 22.3 Å². The first kappa shape index (κ1) is 24.5. The highest BCUT2D eigenvalue weighted by Gasteiger charge is 2.26. The Labute approximate surface area is 197 Å². The number of hydrogen-bond acceptors (Lipinski definition) is 7. The third-order valence-corrected chi connectivity index (χ3v) is 8.50. The molecule has 3 rings (SSSR count). The summed E-state index contributed by atoms with van der Waals surface area (Å²) in [5.74, 6) is -1.62. The van der Waals surface area contributed by atoms with Gasteiger partial charge in [0.05, 0.1) is 22.2 Å². The minimum Gasteiger partial charge on any atom is -0.493 e. The van der Waals surface area contributed by atoms with E-state index in [0.29, 0.717) is 40.4 Å². The van der Waals surface area contributed by atoms with Gasteiger partial charge in [-0.3, -0.25) is 0 Å². The van der Waals surface area contributed by atoms with Crippen molar-refractivity contribution in [1.82, 2.24) is 4.31 Å². The Morgan fingerprint density at radius 2 is 1.91 bits per heavy atom. The van der Waals surface area contributed by atoms with E-state index in [2.05, 4.69) is 15.9 Å². The number of aromatic carboxylic acids is 1. The predicted octanol–water partition coefficient (Wildman–Crippen LogP) is 3.39. The standard InChI is InChI=1S/C20H22BrNO8S2/c1-32(27,28)22-7-5-12(6-8-22)10-29-14-4-2-3-13(9-14)18-16(21)17(30-11-15(23)24)19(31-18)20(25)26/h2-4,9,12H,5-8,10-11H2,1H3,(H,23,24)(H,25,26). The maximum Gasteiger partial charge on any atom is 0.349 e. The van der Waals surface area contributed by atoms with Crippen LogP contribution in [-0.2, 0) is 14.8 Å². The molecule has 0 amide bonds. The van der Waals surface area contributed by atoms with Gasteiger partial charge in [0.1, 0.15) is 5.75 Å². The molecule has 0 radical (unpaired) electrons. The van der Waals surface area contributed by atoms with Crippen LogP contribution in [-0.4, -0.2) is 67.4 Å². The van der Waals surface area contributed by atoms with E-state index in [1.807, 2.05) is 0 Å². The molecule has 0 bridgehead atoms. The third kappa shape index (κ3) is 6.00. The summed E-state index contributed by atoms with van der Waals surface area (Å²) >= 11 is 4.31. The average molecular weight is 548 g/mol. The molecule has 1 aliphatic rings. The largest absolute Gasteiger partial charge is 0.493 e. The van der Waals surface area contributed by atoms with Gasteiger partial charge in [-0.15, -0.1) is 11.3 Å². The molecule has 1 saturated heterocycles. The van der Waals surface area contributed by atoms with Crippen LogP contribution in [0, 0.1) is 5.92 Å². The summed E-state index contributed by atoms with van der Waals surface area (Å²) in [5.41, 5.74) is 0.693. The summed E-state index contributed by atoms with van der Waals surface area (Å²) < 4.78 is 36.2. The molecule has 2 aromatic rings. The number of halogens is 1. The second-order valence-electron chi connectivity index (χ2n) is 7.34. The Balaban J connectivity index is 1.72. The fraction of sp³-hybridized carbons (Fsp3) is 0.400. The summed E-state index contributed by atoms with van der Waals surface area (Å²) in [6.07, 6.45) is 2.65. The Morgan fingerprint density at radius 1 is 1.22 bits per heavy atom. The van der Waals surface area contributed by atoms with Crippen molar-refractivity contribution in [2.24, 2.45) is 5.92 Å². The van der Waals surface area contributed by atoms with Crippen LogP contribution in [0.4, 0.5) is 0 Å². The van der Waals surface area contributed by atoms with Crippen LogP contribution in [0.25, 0.3) is 10.4 Å². The lowest BCUT2D eigenvalue weighted by molar-refractivity contribution is -0.139. The zero-order valence-corrected chi connectivity index (χ0v) is 20.3. The lowest BCUT2D eigenvalue weighted by Gasteiger charge is -2.30. The van der Waals surface area contributed by atoms with Crippen LogP contribution in [0.15, 0.2) is 28.7 Å². The molecule has 0 aliphatic carbocycles. The number of ether oxygens (including phenoxy) is 2. The average Bonchev–Trinajstić information content (AvgIpc) is 3.07. The summed E-state index contributed by atoms with van der Waals surface area (Å²) in [4.78, 5) is 22.9. The number of piperidine rings is 1. The molecule has 2 N–H and O–H groups in total. The van der Waals surface area contributed by atoms with E-state index in [4.69, 9.17) is 14.6 Å². The van der Waals surface area contributed by atoms with Crippen molar-refractivity contribution in [3.05, 3.63) is 33.6 Å². The fourth-order valence-corrected chi connectivity index (χ4v) is 6.10. The minimum atomic E-state index is -3.17. The van der Waals surface area contributed by atoms with Gasteiger partial charge in [0.2, 0.25) is 10.0 Å². The highest BCUT2D eigenvalue weighted by molar-refractivity contribution is 9.10. The molecule has 174 valence electrons. The third-order valence-electron chi connectivity index (χ3n) is 4.97. The highest BCUT2D eigenvalue weighted by Crippen LogP contribution is 2.46.